The number of hydrogen-bond donors (Lipinski definition) is 0. The maximum absolute atomic E-state index is 14.4. The molecule has 3 aromatic rings. The van der Waals surface area contributed by atoms with Crippen molar-refractivity contribution in [2.75, 3.05) is 10.0 Å². The van der Waals surface area contributed by atoms with Crippen molar-refractivity contribution in [2.45, 2.75) is 18.3 Å². The highest BCUT2D eigenvalue weighted by Crippen LogP contribution is 2.47. The lowest BCUT2D eigenvalue weighted by Crippen LogP contribution is -2.46. The molecule has 0 aromatic heterocycles. The summed E-state index contributed by atoms with van der Waals surface area (Å²) in [6.07, 6.45) is -10.6. The number of non-ortho nitro benzene ring substituents is 1. The second kappa shape index (κ2) is 10.4. The molecule has 0 bridgehead atoms. The first kappa shape index (κ1) is 28.4. The molecule has 15 heteroatoms. The largest absolute Gasteiger partial charge is 0.432 e. The Bertz CT molecular complexity index is 1500. The van der Waals surface area contributed by atoms with Gasteiger partial charge in [-0.2, -0.15) is 46.6 Å². The summed E-state index contributed by atoms with van der Waals surface area (Å²) in [5.74, 6) is -9.73. The van der Waals surface area contributed by atoms with Crippen LogP contribution < -0.4 is 10.0 Å². The Labute approximate surface area is 232 Å². The van der Waals surface area contributed by atoms with Crippen LogP contribution in [0.2, 0.25) is 0 Å². The van der Waals surface area contributed by atoms with Crippen LogP contribution in [-0.4, -0.2) is 40.5 Å². The minimum absolute atomic E-state index is 0.0948. The lowest BCUT2D eigenvalue weighted by Gasteiger charge is -2.30. The van der Waals surface area contributed by atoms with Crippen LogP contribution >= 0.6 is 0 Å². The number of hydrazone groups is 2. The molecule has 2 aliphatic heterocycles. The molecular formula is C27H17F6N5O4. The molecule has 0 saturated carbocycles. The zero-order chi connectivity index (χ0) is 30.4. The molecule has 2 atom stereocenters. The van der Waals surface area contributed by atoms with Gasteiger partial charge in [0.25, 0.3) is 17.5 Å². The van der Waals surface area contributed by atoms with E-state index in [-0.39, 0.29) is 16.9 Å². The van der Waals surface area contributed by atoms with Crippen LogP contribution in [0.5, 0.6) is 0 Å². The fraction of sp³-hybridized carbons (Fsp3) is 0.185. The molecule has 0 fully saturated rings. The molecule has 216 valence electrons. The fourth-order valence-corrected chi connectivity index (χ4v) is 4.95. The predicted molar refractivity (Wildman–Crippen MR) is 138 cm³/mol. The van der Waals surface area contributed by atoms with Crippen molar-refractivity contribution in [1.82, 2.24) is 0 Å². The van der Waals surface area contributed by atoms with E-state index in [9.17, 15) is 46.0 Å². The Balaban J connectivity index is 1.72. The van der Waals surface area contributed by atoms with E-state index in [0.29, 0.717) is 10.0 Å². The molecule has 0 saturated heterocycles. The van der Waals surface area contributed by atoms with E-state index < -0.39 is 64.0 Å². The average Bonchev–Trinajstić information content (AvgIpc) is 3.48. The van der Waals surface area contributed by atoms with Crippen molar-refractivity contribution in [1.29, 1.82) is 0 Å². The number of nitro benzene ring substituents is 1. The molecule has 5 rings (SSSR count). The first-order valence-corrected chi connectivity index (χ1v) is 12.1. The second-order valence-electron chi connectivity index (χ2n) is 9.27. The Morgan fingerprint density at radius 1 is 0.667 bits per heavy atom. The molecule has 2 amide bonds. The van der Waals surface area contributed by atoms with Crippen LogP contribution in [0.4, 0.5) is 43.4 Å². The SMILES string of the molecule is O=C1C(C(c2ccc([N+](=O)[O-])cc2)C2C(=O)N(c3ccccc3)N=C2C(F)(F)F)C(C(F)(F)F)=NN1c1ccccc1. The molecular weight excluding hydrogens is 572 g/mol. The van der Waals surface area contributed by atoms with Crippen LogP contribution in [0.25, 0.3) is 0 Å². The molecule has 0 aliphatic carbocycles. The molecule has 0 N–H and O–H groups in total. The van der Waals surface area contributed by atoms with Crippen LogP contribution in [0.1, 0.15) is 11.5 Å². The summed E-state index contributed by atoms with van der Waals surface area (Å²) in [6.45, 7) is 0. The monoisotopic (exact) mass is 589 g/mol. The number of para-hydroxylation sites is 2. The van der Waals surface area contributed by atoms with Crippen molar-refractivity contribution in [2.24, 2.45) is 22.0 Å². The van der Waals surface area contributed by atoms with Crippen LogP contribution in [0.15, 0.2) is 95.1 Å². The summed E-state index contributed by atoms with van der Waals surface area (Å²) in [6, 6.07) is 17.4. The number of carbonyl (C=O) groups excluding carboxylic acids is 2. The standard InChI is InChI=1S/C27H17F6N5O4/c28-26(29,30)22-20(24(39)36(34-22)16-7-3-1-4-8-16)19(15-11-13-18(14-12-15)38(41)42)21-23(27(31,32)33)35-37(25(21)40)17-9-5-2-6-10-17/h1-14,19-21H. The van der Waals surface area contributed by atoms with E-state index in [4.69, 9.17) is 0 Å². The van der Waals surface area contributed by atoms with Crippen molar-refractivity contribution < 1.29 is 40.9 Å². The van der Waals surface area contributed by atoms with Gasteiger partial charge in [-0.05, 0) is 29.8 Å². The van der Waals surface area contributed by atoms with Crippen LogP contribution in [-0.2, 0) is 9.59 Å². The van der Waals surface area contributed by atoms with Gasteiger partial charge in [0, 0.05) is 18.1 Å². The third kappa shape index (κ3) is 5.08. The number of nitro groups is 1. The lowest BCUT2D eigenvalue weighted by molar-refractivity contribution is -0.384. The predicted octanol–water partition coefficient (Wildman–Crippen LogP) is 5.84. The van der Waals surface area contributed by atoms with Gasteiger partial charge < -0.3 is 0 Å². The third-order valence-electron chi connectivity index (χ3n) is 6.74. The number of hydrogen-bond acceptors (Lipinski definition) is 6. The quantitative estimate of drug-likeness (QED) is 0.205. The lowest BCUT2D eigenvalue weighted by atomic mass is 9.72. The number of anilines is 2. The van der Waals surface area contributed by atoms with Crippen molar-refractivity contribution in [3.63, 3.8) is 0 Å². The van der Waals surface area contributed by atoms with Gasteiger partial charge in [0.2, 0.25) is 0 Å². The molecule has 2 aliphatic rings. The molecule has 9 nitrogen and oxygen atoms in total. The van der Waals surface area contributed by atoms with E-state index in [1.54, 1.807) is 0 Å². The van der Waals surface area contributed by atoms with E-state index >= 15 is 0 Å². The highest BCUT2D eigenvalue weighted by atomic mass is 19.4. The zero-order valence-corrected chi connectivity index (χ0v) is 21.0. The molecule has 3 aromatic carbocycles. The Morgan fingerprint density at radius 3 is 1.38 bits per heavy atom. The van der Waals surface area contributed by atoms with E-state index in [2.05, 4.69) is 10.2 Å². The number of alkyl halides is 6. The van der Waals surface area contributed by atoms with Gasteiger partial charge in [-0.1, -0.05) is 48.5 Å². The first-order chi connectivity index (χ1) is 19.8. The average molecular weight is 589 g/mol. The smallest absolute Gasteiger partial charge is 0.272 e. The number of halogens is 6. The maximum Gasteiger partial charge on any atom is 0.432 e. The molecule has 0 spiro atoms. The highest BCUT2D eigenvalue weighted by Gasteiger charge is 2.61. The van der Waals surface area contributed by atoms with Gasteiger partial charge in [0.15, 0.2) is 11.4 Å². The number of benzene rings is 3. The Kier molecular flexibility index (Phi) is 7.04. The maximum atomic E-state index is 14.4. The summed E-state index contributed by atoms with van der Waals surface area (Å²) in [4.78, 5) is 37.8. The number of rotatable bonds is 6. The number of amides is 2. The Morgan fingerprint density at radius 2 is 1.05 bits per heavy atom. The minimum atomic E-state index is -5.31. The van der Waals surface area contributed by atoms with Gasteiger partial charge in [0.1, 0.15) is 0 Å². The van der Waals surface area contributed by atoms with E-state index in [0.717, 1.165) is 24.3 Å². The molecule has 42 heavy (non-hydrogen) atoms. The summed E-state index contributed by atoms with van der Waals surface area (Å²) in [5, 5.41) is 19.0. The van der Waals surface area contributed by atoms with Gasteiger partial charge in [0.05, 0.1) is 28.1 Å². The summed E-state index contributed by atoms with van der Waals surface area (Å²) >= 11 is 0. The van der Waals surface area contributed by atoms with Crippen molar-refractivity contribution in [3.05, 3.63) is 101 Å². The van der Waals surface area contributed by atoms with Crippen molar-refractivity contribution >= 4 is 40.3 Å². The third-order valence-corrected chi connectivity index (χ3v) is 6.74. The van der Waals surface area contributed by atoms with Gasteiger partial charge in [-0.3, -0.25) is 19.7 Å². The normalized spacial score (nSPS) is 20.0. The minimum Gasteiger partial charge on any atom is -0.272 e. The number of nitrogens with zero attached hydrogens (tertiary/aromatic N) is 5. The van der Waals surface area contributed by atoms with Crippen LogP contribution in [0.3, 0.4) is 0 Å². The number of carbonyl (C=O) groups is 2. The van der Waals surface area contributed by atoms with Gasteiger partial charge >= 0.3 is 12.4 Å². The first-order valence-electron chi connectivity index (χ1n) is 12.1. The zero-order valence-electron chi connectivity index (χ0n) is 21.0. The molecule has 2 unspecified atom stereocenters. The highest BCUT2D eigenvalue weighted by molar-refractivity contribution is 6.22. The topological polar surface area (TPSA) is 108 Å². The van der Waals surface area contributed by atoms with Crippen LogP contribution in [0, 0.1) is 22.0 Å². The van der Waals surface area contributed by atoms with Crippen molar-refractivity contribution in [3.8, 4) is 0 Å². The van der Waals surface area contributed by atoms with Gasteiger partial charge in [-0.15, -0.1) is 0 Å². The van der Waals surface area contributed by atoms with E-state index in [1.807, 2.05) is 0 Å². The second-order valence-corrected chi connectivity index (χ2v) is 9.27. The summed E-state index contributed by atoms with van der Waals surface area (Å²) in [5.41, 5.74) is -4.53. The summed E-state index contributed by atoms with van der Waals surface area (Å²) < 4.78 is 86.6. The molecule has 0 radical (unpaired) electrons. The van der Waals surface area contributed by atoms with E-state index in [1.165, 1.54) is 60.7 Å². The summed E-state index contributed by atoms with van der Waals surface area (Å²) in [7, 11) is 0. The Hall–Kier alpha value is -5.08. The fourth-order valence-electron chi connectivity index (χ4n) is 4.95. The van der Waals surface area contributed by atoms with Gasteiger partial charge in [-0.25, -0.2) is 0 Å². The molecule has 2 heterocycles.